The van der Waals surface area contributed by atoms with E-state index < -0.39 is 0 Å². The Labute approximate surface area is 172 Å². The van der Waals surface area contributed by atoms with Crippen LogP contribution in [-0.2, 0) is 11.2 Å². The molecule has 0 saturated carbocycles. The van der Waals surface area contributed by atoms with Crippen molar-refractivity contribution in [2.24, 2.45) is 0 Å². The van der Waals surface area contributed by atoms with Crippen molar-refractivity contribution in [1.29, 1.82) is 0 Å². The summed E-state index contributed by atoms with van der Waals surface area (Å²) in [4.78, 5) is 19.5. The van der Waals surface area contributed by atoms with E-state index in [1.165, 1.54) is 25.9 Å². The molecule has 0 aliphatic carbocycles. The van der Waals surface area contributed by atoms with Crippen LogP contribution in [0.15, 0.2) is 18.2 Å². The molecule has 2 fully saturated rings. The van der Waals surface area contributed by atoms with E-state index in [2.05, 4.69) is 27.1 Å². The first-order valence-corrected chi connectivity index (χ1v) is 10.6. The highest BCUT2D eigenvalue weighted by Gasteiger charge is 2.27. The van der Waals surface area contributed by atoms with Gasteiger partial charge in [-0.05, 0) is 44.5 Å². The lowest BCUT2D eigenvalue weighted by Crippen LogP contribution is -2.55. The first kappa shape index (κ1) is 20.9. The van der Waals surface area contributed by atoms with Gasteiger partial charge in [0.15, 0.2) is 0 Å². The molecule has 2 saturated heterocycles. The SMILES string of the molecule is CN1CCCC(N2CCN(CC(=O)NCCc3cccc(Cl)c3Cl)CC2)C1. The maximum Gasteiger partial charge on any atom is 0.234 e. The topological polar surface area (TPSA) is 38.8 Å². The Morgan fingerprint density at radius 2 is 1.96 bits per heavy atom. The number of carbonyl (C=O) groups is 1. The van der Waals surface area contributed by atoms with Crippen molar-refractivity contribution < 1.29 is 4.79 Å². The maximum absolute atomic E-state index is 12.2. The molecule has 3 rings (SSSR count). The standard InChI is InChI=1S/C20H30Cl2N4O/c1-24-9-3-5-17(14-24)26-12-10-25(11-13-26)15-19(27)23-8-7-16-4-2-6-18(21)20(16)22/h2,4,6,17H,3,5,7-15H2,1H3,(H,23,27). The molecular formula is C20H30Cl2N4O. The fourth-order valence-corrected chi connectivity index (χ4v) is 4.48. The fraction of sp³-hybridized carbons (Fsp3) is 0.650. The van der Waals surface area contributed by atoms with Crippen LogP contribution in [0.3, 0.4) is 0 Å². The van der Waals surface area contributed by atoms with E-state index in [0.717, 1.165) is 31.7 Å². The lowest BCUT2D eigenvalue weighted by molar-refractivity contribution is -0.122. The Balaban J connectivity index is 1.35. The molecule has 7 heteroatoms. The van der Waals surface area contributed by atoms with Crippen LogP contribution in [0.1, 0.15) is 18.4 Å². The largest absolute Gasteiger partial charge is 0.355 e. The first-order chi connectivity index (χ1) is 13.0. The van der Waals surface area contributed by atoms with Gasteiger partial charge in [-0.15, -0.1) is 0 Å². The minimum atomic E-state index is 0.0824. The predicted molar refractivity (Wildman–Crippen MR) is 112 cm³/mol. The van der Waals surface area contributed by atoms with Gasteiger partial charge >= 0.3 is 0 Å². The van der Waals surface area contributed by atoms with Gasteiger partial charge in [0.05, 0.1) is 16.6 Å². The minimum absolute atomic E-state index is 0.0824. The van der Waals surface area contributed by atoms with Crippen LogP contribution >= 0.6 is 23.2 Å². The normalized spacial score (nSPS) is 22.7. The second kappa shape index (κ2) is 10.1. The minimum Gasteiger partial charge on any atom is -0.355 e. The van der Waals surface area contributed by atoms with Gasteiger partial charge in [-0.1, -0.05) is 35.3 Å². The van der Waals surface area contributed by atoms with Gasteiger partial charge in [0.2, 0.25) is 5.91 Å². The molecule has 1 unspecified atom stereocenters. The number of nitrogens with one attached hydrogen (secondary N) is 1. The number of carbonyl (C=O) groups excluding carboxylic acids is 1. The molecule has 1 N–H and O–H groups in total. The van der Waals surface area contributed by atoms with Crippen molar-refractivity contribution in [3.05, 3.63) is 33.8 Å². The van der Waals surface area contributed by atoms with Crippen molar-refractivity contribution in [3.63, 3.8) is 0 Å². The van der Waals surface area contributed by atoms with E-state index in [9.17, 15) is 4.79 Å². The molecule has 0 bridgehead atoms. The molecule has 27 heavy (non-hydrogen) atoms. The molecule has 2 aliphatic heterocycles. The Kier molecular flexibility index (Phi) is 7.79. The molecular weight excluding hydrogens is 383 g/mol. The summed E-state index contributed by atoms with van der Waals surface area (Å²) in [6.45, 7) is 7.49. The van der Waals surface area contributed by atoms with Crippen LogP contribution in [-0.4, -0.2) is 86.1 Å². The highest BCUT2D eigenvalue weighted by Crippen LogP contribution is 2.25. The lowest BCUT2D eigenvalue weighted by Gasteiger charge is -2.42. The van der Waals surface area contributed by atoms with Gasteiger partial charge in [0, 0.05) is 45.3 Å². The van der Waals surface area contributed by atoms with Crippen molar-refractivity contribution >= 4 is 29.1 Å². The van der Waals surface area contributed by atoms with E-state index in [0.29, 0.717) is 35.6 Å². The maximum atomic E-state index is 12.2. The summed E-state index contributed by atoms with van der Waals surface area (Å²) in [5.41, 5.74) is 0.968. The number of piperazine rings is 1. The van der Waals surface area contributed by atoms with E-state index in [1.54, 1.807) is 6.07 Å². The Hall–Kier alpha value is -0.850. The summed E-state index contributed by atoms with van der Waals surface area (Å²) in [6, 6.07) is 6.29. The zero-order valence-corrected chi connectivity index (χ0v) is 17.6. The van der Waals surface area contributed by atoms with Crippen molar-refractivity contribution in [2.75, 3.05) is 59.4 Å². The molecule has 150 valence electrons. The van der Waals surface area contributed by atoms with Crippen molar-refractivity contribution in [1.82, 2.24) is 20.0 Å². The summed E-state index contributed by atoms with van der Waals surface area (Å²) < 4.78 is 0. The van der Waals surface area contributed by atoms with Gasteiger partial charge in [-0.2, -0.15) is 0 Å². The average molecular weight is 413 g/mol. The fourth-order valence-electron chi connectivity index (χ4n) is 4.06. The van der Waals surface area contributed by atoms with Crippen molar-refractivity contribution in [2.45, 2.75) is 25.3 Å². The highest BCUT2D eigenvalue weighted by molar-refractivity contribution is 6.42. The third kappa shape index (κ3) is 6.06. The monoisotopic (exact) mass is 412 g/mol. The molecule has 5 nitrogen and oxygen atoms in total. The number of benzene rings is 1. The summed E-state index contributed by atoms with van der Waals surface area (Å²) in [7, 11) is 2.21. The number of nitrogens with zero attached hydrogens (tertiary/aromatic N) is 3. The molecule has 2 heterocycles. The smallest absolute Gasteiger partial charge is 0.234 e. The molecule has 2 aliphatic rings. The van der Waals surface area contributed by atoms with Gasteiger partial charge in [0.1, 0.15) is 0 Å². The van der Waals surface area contributed by atoms with Crippen LogP contribution in [0.4, 0.5) is 0 Å². The van der Waals surface area contributed by atoms with E-state index in [1.807, 2.05) is 12.1 Å². The van der Waals surface area contributed by atoms with Gasteiger partial charge in [-0.25, -0.2) is 0 Å². The summed E-state index contributed by atoms with van der Waals surface area (Å²) in [5, 5.41) is 4.14. The Morgan fingerprint density at radius 3 is 2.70 bits per heavy atom. The van der Waals surface area contributed by atoms with E-state index in [4.69, 9.17) is 23.2 Å². The lowest BCUT2D eigenvalue weighted by atomic mass is 10.0. The van der Waals surface area contributed by atoms with Crippen LogP contribution in [0.2, 0.25) is 10.0 Å². The van der Waals surface area contributed by atoms with Crippen LogP contribution in [0.25, 0.3) is 0 Å². The van der Waals surface area contributed by atoms with Gasteiger partial charge in [-0.3, -0.25) is 14.6 Å². The molecule has 0 aromatic heterocycles. The number of hydrogen-bond donors (Lipinski definition) is 1. The molecule has 0 spiro atoms. The summed E-state index contributed by atoms with van der Waals surface area (Å²) in [5.74, 6) is 0.0824. The second-order valence-electron chi connectivity index (χ2n) is 7.68. The highest BCUT2D eigenvalue weighted by atomic mass is 35.5. The van der Waals surface area contributed by atoms with Crippen LogP contribution in [0, 0.1) is 0 Å². The molecule has 1 amide bonds. The summed E-state index contributed by atoms with van der Waals surface area (Å²) in [6.07, 6.45) is 3.28. The second-order valence-corrected chi connectivity index (χ2v) is 8.47. The number of halogens is 2. The molecule has 1 aromatic rings. The molecule has 1 atom stereocenters. The number of likely N-dealkylation sites (N-methyl/N-ethyl adjacent to an activating group) is 1. The Morgan fingerprint density at radius 1 is 1.19 bits per heavy atom. The number of likely N-dealkylation sites (tertiary alicyclic amines) is 1. The number of amides is 1. The van der Waals surface area contributed by atoms with Gasteiger partial charge < -0.3 is 10.2 Å². The van der Waals surface area contributed by atoms with E-state index >= 15 is 0 Å². The van der Waals surface area contributed by atoms with Crippen LogP contribution in [0.5, 0.6) is 0 Å². The quantitative estimate of drug-likeness (QED) is 0.778. The zero-order chi connectivity index (χ0) is 19.2. The Bertz CT molecular complexity index is 634. The van der Waals surface area contributed by atoms with E-state index in [-0.39, 0.29) is 5.91 Å². The van der Waals surface area contributed by atoms with Crippen LogP contribution < -0.4 is 5.32 Å². The third-order valence-corrected chi connectivity index (χ3v) is 6.50. The number of rotatable bonds is 6. The average Bonchev–Trinajstić information content (AvgIpc) is 2.66. The first-order valence-electron chi connectivity index (χ1n) is 9.87. The van der Waals surface area contributed by atoms with Gasteiger partial charge in [0.25, 0.3) is 0 Å². The summed E-state index contributed by atoms with van der Waals surface area (Å²) >= 11 is 12.2. The zero-order valence-electron chi connectivity index (χ0n) is 16.1. The third-order valence-electron chi connectivity index (χ3n) is 5.64. The number of hydrogen-bond acceptors (Lipinski definition) is 4. The van der Waals surface area contributed by atoms with Crippen molar-refractivity contribution in [3.8, 4) is 0 Å². The molecule has 1 aromatic carbocycles. The molecule has 0 radical (unpaired) electrons. The number of piperidine rings is 1. The predicted octanol–water partition coefficient (Wildman–Crippen LogP) is 2.36.